The van der Waals surface area contributed by atoms with Gasteiger partial charge in [-0.3, -0.25) is 4.79 Å². The van der Waals surface area contributed by atoms with Crippen molar-refractivity contribution in [3.05, 3.63) is 58.6 Å². The van der Waals surface area contributed by atoms with E-state index < -0.39 is 11.9 Å². The minimum atomic E-state index is -0.560. The fourth-order valence-corrected chi connectivity index (χ4v) is 2.02. The molecule has 1 N–H and O–H groups in total. The van der Waals surface area contributed by atoms with Crippen LogP contribution in [0, 0.1) is 25.2 Å². The summed E-state index contributed by atoms with van der Waals surface area (Å²) in [6, 6.07) is 10.4. The minimum absolute atomic E-state index is 0.138. The van der Waals surface area contributed by atoms with Crippen molar-refractivity contribution in [1.82, 2.24) is 0 Å². The molecule has 0 saturated carbocycles. The second-order valence-corrected chi connectivity index (χ2v) is 5.10. The molecule has 0 radical (unpaired) electrons. The van der Waals surface area contributed by atoms with Crippen LogP contribution in [-0.4, -0.2) is 19.0 Å². The van der Waals surface area contributed by atoms with Gasteiger partial charge in [0.25, 0.3) is 5.91 Å². The lowest BCUT2D eigenvalue weighted by atomic mass is 10.2. The Morgan fingerprint density at radius 3 is 2.50 bits per heavy atom. The topological polar surface area (TPSA) is 92.3 Å². The van der Waals surface area contributed by atoms with E-state index in [1.54, 1.807) is 19.1 Å². The first-order chi connectivity index (χ1) is 11.4. The van der Waals surface area contributed by atoms with E-state index in [9.17, 15) is 14.9 Å². The summed E-state index contributed by atoms with van der Waals surface area (Å²) in [4.78, 5) is 23.7. The zero-order valence-electron chi connectivity index (χ0n) is 13.5. The van der Waals surface area contributed by atoms with Crippen molar-refractivity contribution in [3.8, 4) is 6.07 Å². The van der Waals surface area contributed by atoms with Crippen LogP contribution in [0.5, 0.6) is 0 Å². The summed E-state index contributed by atoms with van der Waals surface area (Å²) in [5.74, 6) is -0.527. The third kappa shape index (κ3) is 3.90. The lowest BCUT2D eigenvalue weighted by molar-refractivity contribution is -0.112. The maximum absolute atomic E-state index is 12.2. The number of ether oxygens (including phenoxy) is 1. The first kappa shape index (κ1) is 17.0. The molecule has 0 fully saturated rings. The number of carbonyl (C=O) groups is 2. The first-order valence-corrected chi connectivity index (χ1v) is 7.13. The molecule has 0 aliphatic heterocycles. The van der Waals surface area contributed by atoms with Crippen molar-refractivity contribution < 1.29 is 18.7 Å². The summed E-state index contributed by atoms with van der Waals surface area (Å²) in [5, 5.41) is 11.8. The summed E-state index contributed by atoms with van der Waals surface area (Å²) < 4.78 is 10.0. The summed E-state index contributed by atoms with van der Waals surface area (Å²) in [6.07, 6.45) is 1.28. The average molecular weight is 324 g/mol. The normalized spacial score (nSPS) is 10.8. The molecule has 0 atom stereocenters. The Balaban J connectivity index is 2.22. The number of amides is 1. The molecule has 1 heterocycles. The number of hydrogen-bond acceptors (Lipinski definition) is 5. The quantitative estimate of drug-likeness (QED) is 0.529. The Morgan fingerprint density at radius 1 is 1.25 bits per heavy atom. The standard InChI is InChI=1S/C18H16N2O4/c1-11-4-6-14(7-5-11)20-17(21)13(10-19)8-15-9-16(12(2)24-15)18(22)23-3/h4-9H,1-3H3,(H,20,21)/b13-8-. The molecule has 0 saturated heterocycles. The van der Waals surface area contributed by atoms with E-state index in [-0.39, 0.29) is 16.9 Å². The van der Waals surface area contributed by atoms with Gasteiger partial charge in [0.2, 0.25) is 0 Å². The number of nitriles is 1. The predicted molar refractivity (Wildman–Crippen MR) is 88.2 cm³/mol. The molecule has 0 spiro atoms. The van der Waals surface area contributed by atoms with Crippen LogP contribution >= 0.6 is 0 Å². The largest absolute Gasteiger partial charge is 0.465 e. The van der Waals surface area contributed by atoms with Gasteiger partial charge in [-0.2, -0.15) is 5.26 Å². The first-order valence-electron chi connectivity index (χ1n) is 7.13. The molecule has 24 heavy (non-hydrogen) atoms. The van der Waals surface area contributed by atoms with Crippen molar-refractivity contribution in [2.24, 2.45) is 0 Å². The highest BCUT2D eigenvalue weighted by Gasteiger charge is 2.16. The SMILES string of the molecule is COC(=O)c1cc(/C=C(/C#N)C(=O)Nc2ccc(C)cc2)oc1C. The predicted octanol–water partition coefficient (Wildman–Crippen LogP) is 3.23. The molecule has 1 aromatic carbocycles. The zero-order valence-corrected chi connectivity index (χ0v) is 13.5. The molecule has 6 nitrogen and oxygen atoms in total. The minimum Gasteiger partial charge on any atom is -0.465 e. The molecule has 1 aromatic heterocycles. The van der Waals surface area contributed by atoms with Crippen LogP contribution in [0.2, 0.25) is 0 Å². The van der Waals surface area contributed by atoms with Crippen LogP contribution in [-0.2, 0) is 9.53 Å². The van der Waals surface area contributed by atoms with Gasteiger partial charge in [0, 0.05) is 11.8 Å². The van der Waals surface area contributed by atoms with Gasteiger partial charge < -0.3 is 14.5 Å². The van der Waals surface area contributed by atoms with Crippen LogP contribution in [0.4, 0.5) is 5.69 Å². The highest BCUT2D eigenvalue weighted by Crippen LogP contribution is 2.19. The van der Waals surface area contributed by atoms with E-state index in [1.807, 2.05) is 25.1 Å². The number of carbonyl (C=O) groups excluding carboxylic acids is 2. The molecule has 2 aromatic rings. The van der Waals surface area contributed by atoms with E-state index in [4.69, 9.17) is 4.42 Å². The number of rotatable bonds is 4. The second kappa shape index (κ2) is 7.29. The summed E-state index contributed by atoms with van der Waals surface area (Å²) in [7, 11) is 1.26. The number of methoxy groups -OCH3 is 1. The molecule has 0 unspecified atom stereocenters. The van der Waals surface area contributed by atoms with Gasteiger partial charge in [0.05, 0.1) is 7.11 Å². The van der Waals surface area contributed by atoms with Gasteiger partial charge in [-0.05, 0) is 32.0 Å². The van der Waals surface area contributed by atoms with Gasteiger partial charge >= 0.3 is 5.97 Å². The average Bonchev–Trinajstić information content (AvgIpc) is 2.94. The van der Waals surface area contributed by atoms with Gasteiger partial charge in [0.15, 0.2) is 0 Å². The Labute approximate surface area is 139 Å². The molecular formula is C18H16N2O4. The molecular weight excluding hydrogens is 308 g/mol. The van der Waals surface area contributed by atoms with E-state index >= 15 is 0 Å². The summed E-state index contributed by atoms with van der Waals surface area (Å²) >= 11 is 0. The van der Waals surface area contributed by atoms with Crippen LogP contribution in [0.25, 0.3) is 6.08 Å². The van der Waals surface area contributed by atoms with Crippen LogP contribution < -0.4 is 5.32 Å². The summed E-state index contributed by atoms with van der Waals surface area (Å²) in [6.45, 7) is 3.53. The number of hydrogen-bond donors (Lipinski definition) is 1. The Kier molecular flexibility index (Phi) is 5.17. The number of furan rings is 1. The number of aryl methyl sites for hydroxylation is 2. The molecule has 122 valence electrons. The fourth-order valence-electron chi connectivity index (χ4n) is 2.02. The number of nitrogens with one attached hydrogen (secondary N) is 1. The van der Waals surface area contributed by atoms with E-state index in [0.717, 1.165) is 5.56 Å². The van der Waals surface area contributed by atoms with Crippen molar-refractivity contribution in [2.75, 3.05) is 12.4 Å². The van der Waals surface area contributed by atoms with Crippen LogP contribution in [0.1, 0.15) is 27.4 Å². The zero-order chi connectivity index (χ0) is 17.7. The number of nitrogens with zero attached hydrogens (tertiary/aromatic N) is 1. The molecule has 0 aliphatic carbocycles. The van der Waals surface area contributed by atoms with E-state index in [0.29, 0.717) is 11.4 Å². The molecule has 0 aliphatic rings. The Morgan fingerprint density at radius 2 is 1.92 bits per heavy atom. The smallest absolute Gasteiger partial charge is 0.341 e. The van der Waals surface area contributed by atoms with Crippen molar-refractivity contribution in [3.63, 3.8) is 0 Å². The monoisotopic (exact) mass is 324 g/mol. The maximum Gasteiger partial charge on any atom is 0.341 e. The van der Waals surface area contributed by atoms with Crippen molar-refractivity contribution >= 4 is 23.6 Å². The molecule has 6 heteroatoms. The lowest BCUT2D eigenvalue weighted by Gasteiger charge is -2.04. The van der Waals surface area contributed by atoms with Gasteiger partial charge in [0.1, 0.15) is 28.7 Å². The molecule has 2 rings (SSSR count). The van der Waals surface area contributed by atoms with Gasteiger partial charge in [-0.15, -0.1) is 0 Å². The molecule has 1 amide bonds. The third-order valence-electron chi connectivity index (χ3n) is 3.30. The number of benzene rings is 1. The van der Waals surface area contributed by atoms with E-state index in [2.05, 4.69) is 10.1 Å². The maximum atomic E-state index is 12.2. The Bertz CT molecular complexity index is 839. The molecule has 0 bridgehead atoms. The van der Waals surface area contributed by atoms with Crippen molar-refractivity contribution in [2.45, 2.75) is 13.8 Å². The van der Waals surface area contributed by atoms with Crippen LogP contribution in [0.3, 0.4) is 0 Å². The third-order valence-corrected chi connectivity index (χ3v) is 3.30. The lowest BCUT2D eigenvalue weighted by Crippen LogP contribution is -2.13. The second-order valence-electron chi connectivity index (χ2n) is 5.10. The van der Waals surface area contributed by atoms with E-state index in [1.165, 1.54) is 19.3 Å². The Hall–Kier alpha value is -3.33. The number of esters is 1. The summed E-state index contributed by atoms with van der Waals surface area (Å²) in [5.41, 5.74) is 1.75. The fraction of sp³-hybridized carbons (Fsp3) is 0.167. The van der Waals surface area contributed by atoms with Crippen LogP contribution in [0.15, 0.2) is 40.3 Å². The highest BCUT2D eigenvalue weighted by atomic mass is 16.5. The van der Waals surface area contributed by atoms with Gasteiger partial charge in [-0.1, -0.05) is 17.7 Å². The van der Waals surface area contributed by atoms with Crippen molar-refractivity contribution in [1.29, 1.82) is 5.26 Å². The van der Waals surface area contributed by atoms with Gasteiger partial charge in [-0.25, -0.2) is 4.79 Å². The highest BCUT2D eigenvalue weighted by molar-refractivity contribution is 6.09. The number of anilines is 1.